The van der Waals surface area contributed by atoms with Crippen LogP contribution in [0.1, 0.15) is 53.0 Å². The highest BCUT2D eigenvalue weighted by Crippen LogP contribution is 2.41. The van der Waals surface area contributed by atoms with Crippen LogP contribution in [0.3, 0.4) is 0 Å². The second-order valence-electron chi connectivity index (χ2n) is 8.36. The predicted molar refractivity (Wildman–Crippen MR) is 104 cm³/mol. The minimum atomic E-state index is 0.314. The Morgan fingerprint density at radius 2 is 1.83 bits per heavy atom. The molecule has 0 unspecified atom stereocenters. The SMILES string of the molecule is COc1cc(NCCCC(C)(C)C(C)(C)C)c2nccc(C)c2c1. The lowest BCUT2D eigenvalue weighted by Crippen LogP contribution is -2.30. The number of methoxy groups -OCH3 is 1. The maximum Gasteiger partial charge on any atom is 0.121 e. The Kier molecular flexibility index (Phi) is 5.42. The van der Waals surface area contributed by atoms with Crippen molar-refractivity contribution in [1.29, 1.82) is 0 Å². The highest BCUT2D eigenvalue weighted by atomic mass is 16.5. The largest absolute Gasteiger partial charge is 0.497 e. The first-order valence-electron chi connectivity index (χ1n) is 8.83. The van der Waals surface area contributed by atoms with E-state index in [4.69, 9.17) is 4.74 Å². The van der Waals surface area contributed by atoms with E-state index in [-0.39, 0.29) is 0 Å². The minimum absolute atomic E-state index is 0.314. The molecule has 0 bridgehead atoms. The van der Waals surface area contributed by atoms with Gasteiger partial charge in [-0.1, -0.05) is 34.6 Å². The molecule has 3 nitrogen and oxygen atoms in total. The molecule has 0 fully saturated rings. The Morgan fingerprint density at radius 3 is 2.46 bits per heavy atom. The van der Waals surface area contributed by atoms with Crippen molar-refractivity contribution in [2.24, 2.45) is 10.8 Å². The van der Waals surface area contributed by atoms with E-state index in [2.05, 4.69) is 57.9 Å². The molecule has 0 saturated carbocycles. The summed E-state index contributed by atoms with van der Waals surface area (Å²) in [4.78, 5) is 4.57. The zero-order valence-corrected chi connectivity index (χ0v) is 16.3. The molecule has 0 aliphatic rings. The predicted octanol–water partition coefficient (Wildman–Crippen LogP) is 5.82. The lowest BCUT2D eigenvalue weighted by molar-refractivity contribution is 0.118. The maximum absolute atomic E-state index is 5.46. The normalized spacial score (nSPS) is 12.5. The number of nitrogens with zero attached hydrogens (tertiary/aromatic N) is 1. The molecular formula is C21H32N2O. The second kappa shape index (κ2) is 7.00. The molecule has 0 spiro atoms. The summed E-state index contributed by atoms with van der Waals surface area (Å²) in [6.45, 7) is 14.7. The van der Waals surface area contributed by atoms with Gasteiger partial charge in [0.15, 0.2) is 0 Å². The third-order valence-electron chi connectivity index (χ3n) is 5.60. The molecule has 24 heavy (non-hydrogen) atoms. The van der Waals surface area contributed by atoms with E-state index in [0.29, 0.717) is 10.8 Å². The number of ether oxygens (including phenoxy) is 1. The number of pyridine rings is 1. The van der Waals surface area contributed by atoms with Crippen molar-refractivity contribution in [3.63, 3.8) is 0 Å². The van der Waals surface area contributed by atoms with Gasteiger partial charge >= 0.3 is 0 Å². The zero-order valence-electron chi connectivity index (χ0n) is 16.3. The molecule has 132 valence electrons. The molecule has 1 heterocycles. The van der Waals surface area contributed by atoms with Crippen LogP contribution in [0.5, 0.6) is 5.75 Å². The number of anilines is 1. The number of nitrogens with one attached hydrogen (secondary N) is 1. The van der Waals surface area contributed by atoms with Gasteiger partial charge in [-0.25, -0.2) is 0 Å². The third-order valence-corrected chi connectivity index (χ3v) is 5.60. The van der Waals surface area contributed by atoms with Crippen LogP contribution in [0.15, 0.2) is 24.4 Å². The lowest BCUT2D eigenvalue weighted by Gasteiger charge is -2.39. The van der Waals surface area contributed by atoms with Gasteiger partial charge in [0.1, 0.15) is 5.75 Å². The van der Waals surface area contributed by atoms with Crippen molar-refractivity contribution in [2.75, 3.05) is 19.0 Å². The van der Waals surface area contributed by atoms with Crippen LogP contribution in [-0.2, 0) is 0 Å². The van der Waals surface area contributed by atoms with Gasteiger partial charge in [0.25, 0.3) is 0 Å². The van der Waals surface area contributed by atoms with Gasteiger partial charge < -0.3 is 10.1 Å². The molecule has 1 aromatic heterocycles. The van der Waals surface area contributed by atoms with Gasteiger partial charge in [0.2, 0.25) is 0 Å². The van der Waals surface area contributed by atoms with Crippen molar-refractivity contribution in [2.45, 2.75) is 54.4 Å². The summed E-state index contributed by atoms with van der Waals surface area (Å²) < 4.78 is 5.46. The number of rotatable bonds is 6. The first kappa shape index (κ1) is 18.6. The molecule has 0 aliphatic carbocycles. The fourth-order valence-electron chi connectivity index (χ4n) is 2.74. The molecular weight excluding hydrogens is 296 g/mol. The monoisotopic (exact) mass is 328 g/mol. The Balaban J connectivity index is 2.12. The van der Waals surface area contributed by atoms with Crippen molar-refractivity contribution in [3.05, 3.63) is 30.0 Å². The van der Waals surface area contributed by atoms with Crippen LogP contribution < -0.4 is 10.1 Å². The average molecular weight is 329 g/mol. The molecule has 0 aliphatic heterocycles. The lowest BCUT2D eigenvalue weighted by atomic mass is 9.67. The Bertz CT molecular complexity index is 699. The Labute approximate surface area is 146 Å². The van der Waals surface area contributed by atoms with E-state index < -0.39 is 0 Å². The van der Waals surface area contributed by atoms with Gasteiger partial charge in [0, 0.05) is 24.2 Å². The molecule has 1 aromatic carbocycles. The molecule has 0 radical (unpaired) electrons. The van der Waals surface area contributed by atoms with Gasteiger partial charge in [-0.15, -0.1) is 0 Å². The quantitative estimate of drug-likeness (QED) is 0.679. The zero-order chi connectivity index (χ0) is 18.0. The summed E-state index contributed by atoms with van der Waals surface area (Å²) in [7, 11) is 1.71. The van der Waals surface area contributed by atoms with Crippen LogP contribution in [0.25, 0.3) is 10.9 Å². The summed E-state index contributed by atoms with van der Waals surface area (Å²) in [5.74, 6) is 0.871. The molecule has 1 N–H and O–H groups in total. The highest BCUT2D eigenvalue weighted by molar-refractivity contribution is 5.93. The Hall–Kier alpha value is -1.77. The molecule has 2 rings (SSSR count). The number of benzene rings is 1. The van der Waals surface area contributed by atoms with E-state index in [1.807, 2.05) is 18.3 Å². The Morgan fingerprint density at radius 1 is 1.12 bits per heavy atom. The number of aromatic nitrogens is 1. The smallest absolute Gasteiger partial charge is 0.121 e. The molecule has 0 atom stereocenters. The second-order valence-corrected chi connectivity index (χ2v) is 8.36. The molecule has 0 saturated heterocycles. The van der Waals surface area contributed by atoms with Crippen molar-refractivity contribution >= 4 is 16.6 Å². The van der Waals surface area contributed by atoms with Crippen LogP contribution in [0.2, 0.25) is 0 Å². The topological polar surface area (TPSA) is 34.1 Å². The van der Waals surface area contributed by atoms with Gasteiger partial charge in [-0.05, 0) is 48.3 Å². The number of aryl methyl sites for hydroxylation is 1. The van der Waals surface area contributed by atoms with Gasteiger partial charge in [0.05, 0.1) is 18.3 Å². The minimum Gasteiger partial charge on any atom is -0.497 e. The average Bonchev–Trinajstić information content (AvgIpc) is 2.50. The van der Waals surface area contributed by atoms with Gasteiger partial charge in [-0.3, -0.25) is 4.98 Å². The van der Waals surface area contributed by atoms with E-state index in [9.17, 15) is 0 Å². The highest BCUT2D eigenvalue weighted by Gasteiger charge is 2.31. The maximum atomic E-state index is 5.46. The summed E-state index contributed by atoms with van der Waals surface area (Å²) in [6, 6.07) is 6.15. The first-order valence-corrected chi connectivity index (χ1v) is 8.83. The van der Waals surface area contributed by atoms with Crippen LogP contribution >= 0.6 is 0 Å². The van der Waals surface area contributed by atoms with Crippen LogP contribution in [0.4, 0.5) is 5.69 Å². The van der Waals surface area contributed by atoms with Crippen LogP contribution in [0, 0.1) is 17.8 Å². The number of fused-ring (bicyclic) bond motifs is 1. The van der Waals surface area contributed by atoms with Crippen molar-refractivity contribution in [1.82, 2.24) is 4.98 Å². The first-order chi connectivity index (χ1) is 11.2. The summed E-state index contributed by atoms with van der Waals surface area (Å²) >= 11 is 0. The van der Waals surface area contributed by atoms with E-state index in [1.54, 1.807) is 7.11 Å². The fourth-order valence-corrected chi connectivity index (χ4v) is 2.74. The molecule has 2 aromatic rings. The van der Waals surface area contributed by atoms with Gasteiger partial charge in [-0.2, -0.15) is 0 Å². The van der Waals surface area contributed by atoms with E-state index in [1.165, 1.54) is 12.0 Å². The standard InChI is InChI=1S/C21H32N2O/c1-15-9-12-23-19-17(15)13-16(24-7)14-18(19)22-11-8-10-21(5,6)20(2,3)4/h9,12-14,22H,8,10-11H2,1-7H3. The van der Waals surface area contributed by atoms with E-state index >= 15 is 0 Å². The molecule has 0 amide bonds. The van der Waals surface area contributed by atoms with Crippen molar-refractivity contribution in [3.8, 4) is 5.75 Å². The fraction of sp³-hybridized carbons (Fsp3) is 0.571. The summed E-state index contributed by atoms with van der Waals surface area (Å²) in [6.07, 6.45) is 4.20. The van der Waals surface area contributed by atoms with Crippen LogP contribution in [-0.4, -0.2) is 18.6 Å². The number of hydrogen-bond donors (Lipinski definition) is 1. The number of hydrogen-bond acceptors (Lipinski definition) is 3. The molecule has 3 heteroatoms. The van der Waals surface area contributed by atoms with E-state index in [0.717, 1.165) is 35.3 Å². The third kappa shape index (κ3) is 4.00. The summed E-state index contributed by atoms with van der Waals surface area (Å²) in [5, 5.41) is 4.72. The summed E-state index contributed by atoms with van der Waals surface area (Å²) in [5.41, 5.74) is 3.93. The van der Waals surface area contributed by atoms with Crippen molar-refractivity contribution < 1.29 is 4.74 Å².